The molecule has 5 nitrogen and oxygen atoms in total. The molecular formula is C18H19NO4. The van der Waals surface area contributed by atoms with Crippen molar-refractivity contribution in [1.82, 2.24) is 5.32 Å². The summed E-state index contributed by atoms with van der Waals surface area (Å²) in [5.74, 6) is 1.21. The molecule has 1 atom stereocenters. The summed E-state index contributed by atoms with van der Waals surface area (Å²) < 4.78 is 10.7. The maximum Gasteiger partial charge on any atom is 0.258 e. The van der Waals surface area contributed by atoms with Crippen molar-refractivity contribution in [1.29, 1.82) is 0 Å². The van der Waals surface area contributed by atoms with E-state index < -0.39 is 0 Å². The van der Waals surface area contributed by atoms with Crippen LogP contribution in [-0.4, -0.2) is 18.3 Å². The van der Waals surface area contributed by atoms with Crippen LogP contribution in [0.25, 0.3) is 0 Å². The average Bonchev–Trinajstić information content (AvgIpc) is 3.13. The number of hydrogen-bond donors (Lipinski definition) is 1. The second kappa shape index (κ2) is 6.28. The largest absolute Gasteiger partial charge is 0.483 e. The number of hydrogen-bond acceptors (Lipinski definition) is 4. The van der Waals surface area contributed by atoms with E-state index in [1.54, 1.807) is 24.5 Å². The minimum atomic E-state index is -0.255. The molecule has 0 aliphatic heterocycles. The van der Waals surface area contributed by atoms with E-state index in [0.717, 1.165) is 11.1 Å². The number of benzene rings is 1. The average molecular weight is 313 g/mol. The molecule has 0 spiro atoms. The topological polar surface area (TPSA) is 68.5 Å². The number of ketones is 1. The van der Waals surface area contributed by atoms with Gasteiger partial charge in [0.05, 0.1) is 18.4 Å². The Balaban J connectivity index is 1.65. The number of carbonyl (C=O) groups is 2. The Hall–Kier alpha value is -2.56. The number of furan rings is 1. The van der Waals surface area contributed by atoms with Gasteiger partial charge in [-0.25, -0.2) is 0 Å². The highest BCUT2D eigenvalue weighted by Crippen LogP contribution is 2.40. The van der Waals surface area contributed by atoms with E-state index in [2.05, 4.69) is 5.32 Å². The molecule has 0 saturated heterocycles. The molecule has 1 aromatic carbocycles. The quantitative estimate of drug-likeness (QED) is 0.921. The smallest absolute Gasteiger partial charge is 0.258 e. The molecule has 5 heteroatoms. The summed E-state index contributed by atoms with van der Waals surface area (Å²) in [4.78, 5) is 24.0. The maximum atomic E-state index is 12.2. The lowest BCUT2D eigenvalue weighted by molar-refractivity contribution is -0.123. The first kappa shape index (κ1) is 15.3. The summed E-state index contributed by atoms with van der Waals surface area (Å²) in [5.41, 5.74) is 2.77. The second-order valence-electron chi connectivity index (χ2n) is 5.84. The Kier molecular flexibility index (Phi) is 4.19. The lowest BCUT2D eigenvalue weighted by Gasteiger charge is -2.13. The minimum absolute atomic E-state index is 0.0854. The number of ether oxygens (including phenoxy) is 1. The van der Waals surface area contributed by atoms with E-state index >= 15 is 0 Å². The lowest BCUT2D eigenvalue weighted by atomic mass is 9.97. The van der Waals surface area contributed by atoms with Gasteiger partial charge in [0, 0.05) is 6.42 Å². The van der Waals surface area contributed by atoms with Crippen LogP contribution in [0.5, 0.6) is 5.75 Å². The fraction of sp³-hybridized carbons (Fsp3) is 0.333. The van der Waals surface area contributed by atoms with Gasteiger partial charge in [-0.15, -0.1) is 0 Å². The van der Waals surface area contributed by atoms with Crippen LogP contribution in [0.3, 0.4) is 0 Å². The van der Waals surface area contributed by atoms with Gasteiger partial charge in [0.1, 0.15) is 11.5 Å². The van der Waals surface area contributed by atoms with E-state index in [1.807, 2.05) is 19.9 Å². The van der Waals surface area contributed by atoms with Crippen LogP contribution in [0, 0.1) is 6.92 Å². The predicted molar refractivity (Wildman–Crippen MR) is 84.6 cm³/mol. The van der Waals surface area contributed by atoms with Crippen molar-refractivity contribution < 1.29 is 18.7 Å². The molecule has 120 valence electrons. The van der Waals surface area contributed by atoms with Gasteiger partial charge in [0.25, 0.3) is 5.91 Å². The fourth-order valence-corrected chi connectivity index (χ4v) is 3.02. The van der Waals surface area contributed by atoms with Crippen LogP contribution in [0.15, 0.2) is 34.9 Å². The second-order valence-corrected chi connectivity index (χ2v) is 5.84. The van der Waals surface area contributed by atoms with Crippen LogP contribution in [-0.2, 0) is 11.3 Å². The van der Waals surface area contributed by atoms with E-state index in [9.17, 15) is 9.59 Å². The minimum Gasteiger partial charge on any atom is -0.483 e. The maximum absolute atomic E-state index is 12.2. The zero-order valence-corrected chi connectivity index (χ0v) is 13.2. The molecule has 0 saturated carbocycles. The van der Waals surface area contributed by atoms with Gasteiger partial charge in [-0.1, -0.05) is 13.0 Å². The van der Waals surface area contributed by atoms with Crippen molar-refractivity contribution in [3.05, 3.63) is 53.0 Å². The SMILES string of the molecule is Cc1ccc(OCC(=O)NCc2ccco2)c2c1[C@@H](C)CC2=O. The molecule has 0 radical (unpaired) electrons. The monoisotopic (exact) mass is 313 g/mol. The molecule has 0 fully saturated rings. The number of nitrogens with one attached hydrogen (secondary N) is 1. The first-order valence-electron chi connectivity index (χ1n) is 7.65. The summed E-state index contributed by atoms with van der Waals surface area (Å²) in [6.45, 7) is 4.22. The van der Waals surface area contributed by atoms with Gasteiger partial charge < -0.3 is 14.5 Å². The van der Waals surface area contributed by atoms with Gasteiger partial charge in [-0.2, -0.15) is 0 Å². The Morgan fingerprint density at radius 2 is 2.22 bits per heavy atom. The van der Waals surface area contributed by atoms with Gasteiger partial charge in [0.2, 0.25) is 0 Å². The van der Waals surface area contributed by atoms with Crippen molar-refractivity contribution in [2.24, 2.45) is 0 Å². The molecule has 2 aromatic rings. The van der Waals surface area contributed by atoms with Crippen LogP contribution >= 0.6 is 0 Å². The highest BCUT2D eigenvalue weighted by Gasteiger charge is 2.31. The lowest BCUT2D eigenvalue weighted by Crippen LogP contribution is -2.28. The van der Waals surface area contributed by atoms with Gasteiger partial charge in [0.15, 0.2) is 12.4 Å². The van der Waals surface area contributed by atoms with Crippen molar-refractivity contribution in [2.75, 3.05) is 6.61 Å². The van der Waals surface area contributed by atoms with Crippen LogP contribution < -0.4 is 10.1 Å². The molecule has 23 heavy (non-hydrogen) atoms. The Morgan fingerprint density at radius 3 is 2.96 bits per heavy atom. The molecule has 1 N–H and O–H groups in total. The van der Waals surface area contributed by atoms with E-state index in [1.165, 1.54) is 0 Å². The zero-order valence-electron chi connectivity index (χ0n) is 13.2. The van der Waals surface area contributed by atoms with Crippen molar-refractivity contribution >= 4 is 11.7 Å². The summed E-state index contributed by atoms with van der Waals surface area (Å²) >= 11 is 0. The van der Waals surface area contributed by atoms with Crippen LogP contribution in [0.1, 0.15) is 46.5 Å². The fourth-order valence-electron chi connectivity index (χ4n) is 3.02. The molecule has 1 heterocycles. The summed E-state index contributed by atoms with van der Waals surface area (Å²) in [5, 5.41) is 2.71. The standard InChI is InChI=1S/C18H19NO4/c1-11-5-6-15(18-14(20)8-12(2)17(11)18)23-10-16(21)19-9-13-4-3-7-22-13/h3-7,12H,8-10H2,1-2H3,(H,19,21)/t12-/m0/s1. The highest BCUT2D eigenvalue weighted by molar-refractivity contribution is 6.04. The number of rotatable bonds is 5. The first-order chi connectivity index (χ1) is 11.1. The van der Waals surface area contributed by atoms with E-state index in [-0.39, 0.29) is 24.2 Å². The normalized spacial score (nSPS) is 16.3. The Bertz CT molecular complexity index is 734. The highest BCUT2D eigenvalue weighted by atomic mass is 16.5. The Morgan fingerprint density at radius 1 is 1.39 bits per heavy atom. The first-order valence-corrected chi connectivity index (χ1v) is 7.65. The molecule has 1 amide bonds. The van der Waals surface area contributed by atoms with Gasteiger partial charge in [-0.05, 0) is 42.2 Å². The number of carbonyl (C=O) groups excluding carboxylic acids is 2. The van der Waals surface area contributed by atoms with Gasteiger partial charge >= 0.3 is 0 Å². The number of fused-ring (bicyclic) bond motifs is 1. The van der Waals surface area contributed by atoms with Gasteiger partial charge in [-0.3, -0.25) is 9.59 Å². The van der Waals surface area contributed by atoms with E-state index in [0.29, 0.717) is 30.0 Å². The van der Waals surface area contributed by atoms with Crippen molar-refractivity contribution in [3.63, 3.8) is 0 Å². The van der Waals surface area contributed by atoms with Crippen LogP contribution in [0.2, 0.25) is 0 Å². The predicted octanol–water partition coefficient (Wildman–Crippen LogP) is 2.97. The summed E-state index contributed by atoms with van der Waals surface area (Å²) in [6.07, 6.45) is 2.06. The third kappa shape index (κ3) is 3.13. The Labute approximate surface area is 134 Å². The van der Waals surface area contributed by atoms with Crippen molar-refractivity contribution in [2.45, 2.75) is 32.7 Å². The van der Waals surface area contributed by atoms with Crippen LogP contribution in [0.4, 0.5) is 0 Å². The summed E-state index contributed by atoms with van der Waals surface area (Å²) in [7, 11) is 0. The molecule has 1 aromatic heterocycles. The molecular weight excluding hydrogens is 294 g/mol. The number of Topliss-reactive ketones (excluding diaryl/α,β-unsaturated/α-hetero) is 1. The molecule has 1 aliphatic rings. The zero-order chi connectivity index (χ0) is 16.4. The van der Waals surface area contributed by atoms with Crippen molar-refractivity contribution in [3.8, 4) is 5.75 Å². The third-order valence-corrected chi connectivity index (χ3v) is 4.09. The third-order valence-electron chi connectivity index (χ3n) is 4.09. The molecule has 3 rings (SSSR count). The molecule has 0 bridgehead atoms. The van der Waals surface area contributed by atoms with E-state index in [4.69, 9.17) is 9.15 Å². The molecule has 1 aliphatic carbocycles. The number of aryl methyl sites for hydroxylation is 1. The molecule has 0 unspecified atom stereocenters. The number of amides is 1. The summed E-state index contributed by atoms with van der Waals surface area (Å²) in [6, 6.07) is 7.25.